The number of rotatable bonds is 6. The monoisotopic (exact) mass is 358 g/mol. The maximum atomic E-state index is 13.0. The summed E-state index contributed by atoms with van der Waals surface area (Å²) in [6, 6.07) is 7.66. The summed E-state index contributed by atoms with van der Waals surface area (Å²) in [7, 11) is 1.64. The lowest BCUT2D eigenvalue weighted by molar-refractivity contribution is -0.146. The lowest BCUT2D eigenvalue weighted by Gasteiger charge is -2.36. The Morgan fingerprint density at radius 3 is 2.65 bits per heavy atom. The molecule has 0 bridgehead atoms. The van der Waals surface area contributed by atoms with Gasteiger partial charge in [0.15, 0.2) is 0 Å². The summed E-state index contributed by atoms with van der Waals surface area (Å²) in [6.45, 7) is 3.29. The van der Waals surface area contributed by atoms with Gasteiger partial charge in [0.25, 0.3) is 5.91 Å². The second-order valence-electron chi connectivity index (χ2n) is 7.27. The first-order chi connectivity index (χ1) is 12.5. The molecule has 1 aliphatic rings. The molecule has 3 rings (SSSR count). The molecule has 1 aromatic carbocycles. The molecular weight excluding hydrogens is 332 g/mol. The van der Waals surface area contributed by atoms with Crippen LogP contribution in [0.5, 0.6) is 0 Å². The molecule has 1 saturated carbocycles. The number of nitrogens with one attached hydrogen (secondary N) is 1. The Labute approximate surface area is 153 Å². The Balaban J connectivity index is 1.90. The Hall–Kier alpha value is -2.34. The van der Waals surface area contributed by atoms with Gasteiger partial charge in [0.1, 0.15) is 5.54 Å². The van der Waals surface area contributed by atoms with E-state index in [1.165, 1.54) is 0 Å². The topological polar surface area (TPSA) is 80.6 Å². The maximum absolute atomic E-state index is 13.0. The van der Waals surface area contributed by atoms with Crippen molar-refractivity contribution in [1.82, 2.24) is 9.88 Å². The SMILES string of the molecule is COCCn1cc(C(=O)NC2(C(=O)O)CCC(C)CC2)c2ccccc21. The van der Waals surface area contributed by atoms with Crippen LogP contribution in [-0.2, 0) is 16.1 Å². The predicted molar refractivity (Wildman–Crippen MR) is 99.3 cm³/mol. The Morgan fingerprint density at radius 1 is 1.31 bits per heavy atom. The third kappa shape index (κ3) is 3.46. The van der Waals surface area contributed by atoms with E-state index in [0.29, 0.717) is 37.5 Å². The minimum Gasteiger partial charge on any atom is -0.480 e. The molecule has 1 heterocycles. The maximum Gasteiger partial charge on any atom is 0.329 e. The molecule has 1 amide bonds. The van der Waals surface area contributed by atoms with Crippen LogP contribution in [0.2, 0.25) is 0 Å². The zero-order valence-electron chi connectivity index (χ0n) is 15.3. The van der Waals surface area contributed by atoms with Crippen LogP contribution in [0.25, 0.3) is 10.9 Å². The predicted octanol–water partition coefficient (Wildman–Crippen LogP) is 3.05. The van der Waals surface area contributed by atoms with Crippen LogP contribution in [0.3, 0.4) is 0 Å². The van der Waals surface area contributed by atoms with E-state index >= 15 is 0 Å². The Bertz CT molecular complexity index is 803. The molecule has 0 spiro atoms. The molecule has 26 heavy (non-hydrogen) atoms. The number of carboxylic acid groups (broad SMARTS) is 1. The smallest absolute Gasteiger partial charge is 0.329 e. The third-order valence-electron chi connectivity index (χ3n) is 5.46. The number of amides is 1. The van der Waals surface area contributed by atoms with Gasteiger partial charge in [0.05, 0.1) is 12.2 Å². The number of hydrogen-bond donors (Lipinski definition) is 2. The number of ether oxygens (including phenoxy) is 1. The van der Waals surface area contributed by atoms with Gasteiger partial charge in [-0.25, -0.2) is 4.79 Å². The number of fused-ring (bicyclic) bond motifs is 1. The standard InChI is InChI=1S/C20H26N2O4/c1-14-7-9-20(10-8-14,19(24)25)21-18(23)16-13-22(11-12-26-2)17-6-4-3-5-15(16)17/h3-6,13-14H,7-12H2,1-2H3,(H,21,23)(H,24,25). The largest absolute Gasteiger partial charge is 0.480 e. The Kier molecular flexibility index (Phi) is 5.32. The van der Waals surface area contributed by atoms with E-state index in [0.717, 1.165) is 23.7 Å². The van der Waals surface area contributed by atoms with Gasteiger partial charge in [-0.2, -0.15) is 0 Å². The molecule has 2 aromatic rings. The minimum absolute atomic E-state index is 0.325. The van der Waals surface area contributed by atoms with Gasteiger partial charge in [-0.1, -0.05) is 25.1 Å². The quantitative estimate of drug-likeness (QED) is 0.832. The normalized spacial score (nSPS) is 23.1. The van der Waals surface area contributed by atoms with Crippen LogP contribution in [-0.4, -0.2) is 40.8 Å². The van der Waals surface area contributed by atoms with Crippen molar-refractivity contribution in [2.75, 3.05) is 13.7 Å². The van der Waals surface area contributed by atoms with Crippen molar-refractivity contribution in [1.29, 1.82) is 0 Å². The number of nitrogens with zero attached hydrogens (tertiary/aromatic N) is 1. The van der Waals surface area contributed by atoms with E-state index in [9.17, 15) is 14.7 Å². The number of hydrogen-bond acceptors (Lipinski definition) is 3. The van der Waals surface area contributed by atoms with E-state index in [2.05, 4.69) is 12.2 Å². The summed E-state index contributed by atoms with van der Waals surface area (Å²) in [4.78, 5) is 24.9. The molecule has 2 N–H and O–H groups in total. The van der Waals surface area contributed by atoms with Crippen LogP contribution >= 0.6 is 0 Å². The summed E-state index contributed by atoms with van der Waals surface area (Å²) >= 11 is 0. The number of methoxy groups -OCH3 is 1. The number of para-hydroxylation sites is 1. The molecule has 1 aromatic heterocycles. The number of aromatic nitrogens is 1. The average Bonchev–Trinajstić information content (AvgIpc) is 3.01. The van der Waals surface area contributed by atoms with E-state index in [-0.39, 0.29) is 5.91 Å². The lowest BCUT2D eigenvalue weighted by atomic mass is 9.77. The summed E-state index contributed by atoms with van der Waals surface area (Å²) in [5.74, 6) is -0.773. The van der Waals surface area contributed by atoms with Gasteiger partial charge in [-0.15, -0.1) is 0 Å². The number of aliphatic carboxylic acids is 1. The molecule has 140 valence electrons. The number of benzene rings is 1. The van der Waals surface area contributed by atoms with Gasteiger partial charge < -0.3 is 19.7 Å². The zero-order valence-corrected chi connectivity index (χ0v) is 15.3. The summed E-state index contributed by atoms with van der Waals surface area (Å²) in [5, 5.41) is 13.4. The fourth-order valence-electron chi connectivity index (χ4n) is 3.73. The highest BCUT2D eigenvalue weighted by atomic mass is 16.5. The van der Waals surface area contributed by atoms with E-state index in [1.54, 1.807) is 13.3 Å². The second kappa shape index (κ2) is 7.50. The Morgan fingerprint density at radius 2 is 2.00 bits per heavy atom. The van der Waals surface area contributed by atoms with Gasteiger partial charge in [-0.3, -0.25) is 4.79 Å². The number of carboxylic acids is 1. The first-order valence-corrected chi connectivity index (χ1v) is 9.09. The lowest BCUT2D eigenvalue weighted by Crippen LogP contribution is -2.56. The van der Waals surface area contributed by atoms with Crippen LogP contribution in [0.1, 0.15) is 43.0 Å². The highest BCUT2D eigenvalue weighted by Gasteiger charge is 2.42. The minimum atomic E-state index is -1.17. The molecule has 1 aliphatic carbocycles. The van der Waals surface area contributed by atoms with Crippen molar-refractivity contribution in [2.24, 2.45) is 5.92 Å². The average molecular weight is 358 g/mol. The van der Waals surface area contributed by atoms with Crippen molar-refractivity contribution >= 4 is 22.8 Å². The van der Waals surface area contributed by atoms with E-state index < -0.39 is 11.5 Å². The van der Waals surface area contributed by atoms with Gasteiger partial charge >= 0.3 is 5.97 Å². The molecule has 0 unspecified atom stereocenters. The van der Waals surface area contributed by atoms with Gasteiger partial charge in [0, 0.05) is 30.8 Å². The molecule has 0 aliphatic heterocycles. The van der Waals surface area contributed by atoms with E-state index in [1.807, 2.05) is 28.8 Å². The van der Waals surface area contributed by atoms with Crippen molar-refractivity contribution < 1.29 is 19.4 Å². The number of carbonyl (C=O) groups excluding carboxylic acids is 1. The molecule has 6 heteroatoms. The van der Waals surface area contributed by atoms with Gasteiger partial charge in [0.2, 0.25) is 0 Å². The van der Waals surface area contributed by atoms with Crippen molar-refractivity contribution in [3.8, 4) is 0 Å². The first-order valence-electron chi connectivity index (χ1n) is 9.09. The van der Waals surface area contributed by atoms with Crippen LogP contribution < -0.4 is 5.32 Å². The molecule has 1 fully saturated rings. The molecule has 6 nitrogen and oxygen atoms in total. The third-order valence-corrected chi connectivity index (χ3v) is 5.46. The number of carbonyl (C=O) groups is 2. The second-order valence-corrected chi connectivity index (χ2v) is 7.27. The summed E-state index contributed by atoms with van der Waals surface area (Å²) in [5.41, 5.74) is 0.284. The highest BCUT2D eigenvalue weighted by molar-refractivity contribution is 6.08. The van der Waals surface area contributed by atoms with Crippen LogP contribution in [0.4, 0.5) is 0 Å². The fourth-order valence-corrected chi connectivity index (χ4v) is 3.73. The first kappa shape index (κ1) is 18.5. The summed E-state index contributed by atoms with van der Waals surface area (Å²) < 4.78 is 7.12. The van der Waals surface area contributed by atoms with Crippen LogP contribution in [0, 0.1) is 5.92 Å². The van der Waals surface area contributed by atoms with Crippen LogP contribution in [0.15, 0.2) is 30.5 Å². The zero-order chi connectivity index (χ0) is 18.7. The molecular formula is C20H26N2O4. The fraction of sp³-hybridized carbons (Fsp3) is 0.500. The van der Waals surface area contributed by atoms with Gasteiger partial charge in [-0.05, 0) is 37.7 Å². The van der Waals surface area contributed by atoms with Crippen molar-refractivity contribution in [3.63, 3.8) is 0 Å². The molecule has 0 saturated heterocycles. The van der Waals surface area contributed by atoms with Crippen molar-refractivity contribution in [2.45, 2.75) is 44.7 Å². The highest BCUT2D eigenvalue weighted by Crippen LogP contribution is 2.33. The molecule has 0 atom stereocenters. The molecule has 0 radical (unpaired) electrons. The van der Waals surface area contributed by atoms with E-state index in [4.69, 9.17) is 4.74 Å². The van der Waals surface area contributed by atoms with Crippen molar-refractivity contribution in [3.05, 3.63) is 36.0 Å². The summed E-state index contributed by atoms with van der Waals surface area (Å²) in [6.07, 6.45) is 4.35.